The molecule has 1 N–H and O–H groups in total. The van der Waals surface area contributed by atoms with E-state index in [-0.39, 0.29) is 43.4 Å². The molecule has 0 bridgehead atoms. The summed E-state index contributed by atoms with van der Waals surface area (Å²) in [5.74, 6) is -2.03. The maximum atomic E-state index is 12.6. The number of nitrogens with one attached hydrogen (secondary N) is 1. The van der Waals surface area contributed by atoms with Crippen LogP contribution in [0, 0.1) is 11.8 Å². The maximum absolute atomic E-state index is 12.6. The average Bonchev–Trinajstić information content (AvgIpc) is 2.40. The van der Waals surface area contributed by atoms with Crippen LogP contribution in [0.3, 0.4) is 0 Å². The van der Waals surface area contributed by atoms with E-state index >= 15 is 0 Å². The number of nitrogens with zero attached hydrogens (tertiary/aromatic N) is 1. The fourth-order valence-corrected chi connectivity index (χ4v) is 2.99. The van der Waals surface area contributed by atoms with E-state index < -0.39 is 18.1 Å². The SMILES string of the molecule is CC1C(=O)NCCN1C(=O)C1CCC(C(F)(F)F)CC1. The van der Waals surface area contributed by atoms with E-state index in [1.54, 1.807) is 6.92 Å². The number of hydrogen-bond acceptors (Lipinski definition) is 2. The Bertz CT molecular complexity index is 390. The van der Waals surface area contributed by atoms with Crippen molar-refractivity contribution in [2.24, 2.45) is 11.8 Å². The van der Waals surface area contributed by atoms with E-state index in [4.69, 9.17) is 0 Å². The van der Waals surface area contributed by atoms with Gasteiger partial charge in [0.05, 0.1) is 5.92 Å². The molecule has 0 aromatic carbocycles. The summed E-state index contributed by atoms with van der Waals surface area (Å²) in [5, 5.41) is 2.66. The molecule has 0 radical (unpaired) electrons. The van der Waals surface area contributed by atoms with Crippen molar-refractivity contribution in [2.75, 3.05) is 13.1 Å². The molecule has 1 atom stereocenters. The number of carbonyl (C=O) groups excluding carboxylic acids is 2. The highest BCUT2D eigenvalue weighted by molar-refractivity contribution is 5.89. The van der Waals surface area contributed by atoms with Crippen molar-refractivity contribution >= 4 is 11.8 Å². The van der Waals surface area contributed by atoms with Gasteiger partial charge in [0.15, 0.2) is 0 Å². The summed E-state index contributed by atoms with van der Waals surface area (Å²) in [6.45, 7) is 2.49. The summed E-state index contributed by atoms with van der Waals surface area (Å²) in [5.41, 5.74) is 0. The Kier molecular flexibility index (Phi) is 4.25. The number of rotatable bonds is 1. The van der Waals surface area contributed by atoms with Gasteiger partial charge in [0, 0.05) is 19.0 Å². The van der Waals surface area contributed by atoms with Gasteiger partial charge in [-0.3, -0.25) is 9.59 Å². The standard InChI is InChI=1S/C13H19F3N2O2/c1-8-11(19)17-6-7-18(8)12(20)9-2-4-10(5-3-9)13(14,15)16/h8-10H,2-7H2,1H3,(H,17,19). The number of halogens is 3. The first-order valence-electron chi connectivity index (χ1n) is 6.95. The van der Waals surface area contributed by atoms with Crippen molar-refractivity contribution in [1.82, 2.24) is 10.2 Å². The Hall–Kier alpha value is -1.27. The Morgan fingerprint density at radius 2 is 1.85 bits per heavy atom. The van der Waals surface area contributed by atoms with E-state index in [1.807, 2.05) is 0 Å². The normalized spacial score (nSPS) is 31.9. The van der Waals surface area contributed by atoms with Gasteiger partial charge in [-0.2, -0.15) is 13.2 Å². The quantitative estimate of drug-likeness (QED) is 0.800. The highest BCUT2D eigenvalue weighted by atomic mass is 19.4. The number of carbonyl (C=O) groups is 2. The van der Waals surface area contributed by atoms with Gasteiger partial charge in [0.1, 0.15) is 6.04 Å². The van der Waals surface area contributed by atoms with E-state index in [0.717, 1.165) is 0 Å². The first kappa shape index (κ1) is 15.1. The van der Waals surface area contributed by atoms with E-state index in [1.165, 1.54) is 4.90 Å². The molecule has 1 saturated heterocycles. The van der Waals surface area contributed by atoms with Crippen molar-refractivity contribution in [2.45, 2.75) is 44.8 Å². The first-order chi connectivity index (χ1) is 9.30. The van der Waals surface area contributed by atoms with Crippen molar-refractivity contribution in [3.8, 4) is 0 Å². The third kappa shape index (κ3) is 3.07. The highest BCUT2D eigenvalue weighted by Gasteiger charge is 2.43. The van der Waals surface area contributed by atoms with Crippen LogP contribution in [-0.4, -0.2) is 42.0 Å². The zero-order valence-corrected chi connectivity index (χ0v) is 11.4. The molecule has 1 unspecified atom stereocenters. The molecule has 2 rings (SSSR count). The van der Waals surface area contributed by atoms with Crippen molar-refractivity contribution in [3.63, 3.8) is 0 Å². The topological polar surface area (TPSA) is 49.4 Å². The van der Waals surface area contributed by atoms with Crippen LogP contribution in [0.4, 0.5) is 13.2 Å². The molecule has 114 valence electrons. The lowest BCUT2D eigenvalue weighted by molar-refractivity contribution is -0.185. The van der Waals surface area contributed by atoms with Crippen LogP contribution in [0.25, 0.3) is 0 Å². The number of hydrogen-bond donors (Lipinski definition) is 1. The summed E-state index contributed by atoms with van der Waals surface area (Å²) in [6.07, 6.45) is -3.63. The van der Waals surface area contributed by atoms with Crippen molar-refractivity contribution in [1.29, 1.82) is 0 Å². The van der Waals surface area contributed by atoms with Gasteiger partial charge in [-0.25, -0.2) is 0 Å². The molecule has 1 saturated carbocycles. The Morgan fingerprint density at radius 3 is 2.40 bits per heavy atom. The van der Waals surface area contributed by atoms with E-state index in [0.29, 0.717) is 13.1 Å². The molecule has 2 amide bonds. The second-order valence-corrected chi connectivity index (χ2v) is 5.59. The van der Waals surface area contributed by atoms with Crippen LogP contribution in [0.2, 0.25) is 0 Å². The molecule has 0 aromatic heterocycles. The second-order valence-electron chi connectivity index (χ2n) is 5.59. The molecule has 20 heavy (non-hydrogen) atoms. The minimum atomic E-state index is -4.16. The van der Waals surface area contributed by atoms with E-state index in [9.17, 15) is 22.8 Å². The number of piperazine rings is 1. The lowest BCUT2D eigenvalue weighted by Crippen LogP contribution is -2.57. The van der Waals surface area contributed by atoms with Gasteiger partial charge < -0.3 is 10.2 Å². The van der Waals surface area contributed by atoms with Gasteiger partial charge in [0.25, 0.3) is 0 Å². The van der Waals surface area contributed by atoms with Crippen LogP contribution < -0.4 is 5.32 Å². The molecule has 1 heterocycles. The highest BCUT2D eigenvalue weighted by Crippen LogP contribution is 2.40. The summed E-state index contributed by atoms with van der Waals surface area (Å²) in [4.78, 5) is 25.3. The Morgan fingerprint density at radius 1 is 1.25 bits per heavy atom. The van der Waals surface area contributed by atoms with Gasteiger partial charge in [-0.05, 0) is 32.6 Å². The van der Waals surface area contributed by atoms with Gasteiger partial charge in [0.2, 0.25) is 11.8 Å². The molecule has 1 aliphatic heterocycles. The van der Waals surface area contributed by atoms with Crippen molar-refractivity contribution in [3.05, 3.63) is 0 Å². The molecule has 0 spiro atoms. The van der Waals surface area contributed by atoms with Gasteiger partial charge in [-0.1, -0.05) is 0 Å². The lowest BCUT2D eigenvalue weighted by atomic mass is 9.81. The third-order valence-corrected chi connectivity index (χ3v) is 4.32. The third-order valence-electron chi connectivity index (χ3n) is 4.32. The Balaban J connectivity index is 1.93. The minimum Gasteiger partial charge on any atom is -0.353 e. The predicted molar refractivity (Wildman–Crippen MR) is 65.7 cm³/mol. The lowest BCUT2D eigenvalue weighted by Gasteiger charge is -2.37. The molecule has 2 fully saturated rings. The van der Waals surface area contributed by atoms with Crippen LogP contribution in [0.5, 0.6) is 0 Å². The van der Waals surface area contributed by atoms with E-state index in [2.05, 4.69) is 5.32 Å². The summed E-state index contributed by atoms with van der Waals surface area (Å²) >= 11 is 0. The predicted octanol–water partition coefficient (Wildman–Crippen LogP) is 1.70. The first-order valence-corrected chi connectivity index (χ1v) is 6.95. The summed E-state index contributed by atoms with van der Waals surface area (Å²) < 4.78 is 37.8. The van der Waals surface area contributed by atoms with Crippen LogP contribution >= 0.6 is 0 Å². The molecular weight excluding hydrogens is 273 g/mol. The van der Waals surface area contributed by atoms with Crippen LogP contribution in [0.1, 0.15) is 32.6 Å². The number of alkyl halides is 3. The average molecular weight is 292 g/mol. The van der Waals surface area contributed by atoms with Crippen LogP contribution in [0.15, 0.2) is 0 Å². The molecule has 0 aromatic rings. The summed E-state index contributed by atoms with van der Waals surface area (Å²) in [6, 6.07) is -0.531. The van der Waals surface area contributed by atoms with Crippen molar-refractivity contribution < 1.29 is 22.8 Å². The zero-order chi connectivity index (χ0) is 14.9. The minimum absolute atomic E-state index is 0.00826. The van der Waals surface area contributed by atoms with Gasteiger partial charge >= 0.3 is 6.18 Å². The largest absolute Gasteiger partial charge is 0.391 e. The second kappa shape index (κ2) is 5.61. The van der Waals surface area contributed by atoms with Gasteiger partial charge in [-0.15, -0.1) is 0 Å². The molecule has 7 heteroatoms. The smallest absolute Gasteiger partial charge is 0.353 e. The number of amides is 2. The monoisotopic (exact) mass is 292 g/mol. The zero-order valence-electron chi connectivity index (χ0n) is 11.4. The Labute approximate surface area is 115 Å². The molecule has 4 nitrogen and oxygen atoms in total. The molecule has 1 aliphatic carbocycles. The fourth-order valence-electron chi connectivity index (χ4n) is 2.99. The molecule has 2 aliphatic rings. The fraction of sp³-hybridized carbons (Fsp3) is 0.846. The summed E-state index contributed by atoms with van der Waals surface area (Å²) in [7, 11) is 0. The molecular formula is C13H19F3N2O2. The maximum Gasteiger partial charge on any atom is 0.391 e. The van der Waals surface area contributed by atoms with Crippen LogP contribution in [-0.2, 0) is 9.59 Å².